The van der Waals surface area contributed by atoms with Crippen molar-refractivity contribution in [3.05, 3.63) is 50.6 Å². The summed E-state index contributed by atoms with van der Waals surface area (Å²) in [6, 6.07) is 5.24. The number of benzene rings is 1. The van der Waals surface area contributed by atoms with Crippen molar-refractivity contribution < 1.29 is 4.79 Å². The molecule has 18 heavy (non-hydrogen) atoms. The summed E-state index contributed by atoms with van der Waals surface area (Å²) in [5, 5.41) is 3.38. The van der Waals surface area contributed by atoms with E-state index in [9.17, 15) is 4.79 Å². The molecule has 2 rings (SSSR count). The standard InChI is InChI=1S/C12H11ClIN3O/c1-17-5-4-15-11(17)7-16-12(18)9-6-8(13)2-3-10(9)14/h2-6H,7H2,1H3,(H,16,18). The molecule has 0 saturated heterocycles. The Hall–Kier alpha value is -1.08. The Bertz CT molecular complexity index is 582. The maximum absolute atomic E-state index is 12.0. The second-order valence-corrected chi connectivity index (χ2v) is 5.36. The van der Waals surface area contributed by atoms with Crippen molar-refractivity contribution in [2.45, 2.75) is 6.54 Å². The van der Waals surface area contributed by atoms with E-state index >= 15 is 0 Å². The molecule has 1 aromatic carbocycles. The lowest BCUT2D eigenvalue weighted by molar-refractivity contribution is 0.0948. The summed E-state index contributed by atoms with van der Waals surface area (Å²) in [5.41, 5.74) is 0.581. The fourth-order valence-electron chi connectivity index (χ4n) is 1.49. The molecule has 0 radical (unpaired) electrons. The van der Waals surface area contributed by atoms with Crippen LogP contribution >= 0.6 is 34.2 Å². The van der Waals surface area contributed by atoms with Gasteiger partial charge < -0.3 is 9.88 Å². The number of rotatable bonds is 3. The molecule has 0 unspecified atom stereocenters. The topological polar surface area (TPSA) is 46.9 Å². The van der Waals surface area contributed by atoms with E-state index in [0.29, 0.717) is 17.1 Å². The van der Waals surface area contributed by atoms with Crippen LogP contribution in [0.2, 0.25) is 5.02 Å². The van der Waals surface area contributed by atoms with E-state index < -0.39 is 0 Å². The quantitative estimate of drug-likeness (QED) is 0.838. The molecule has 94 valence electrons. The maximum Gasteiger partial charge on any atom is 0.252 e. The average Bonchev–Trinajstić information content (AvgIpc) is 2.75. The smallest absolute Gasteiger partial charge is 0.252 e. The molecule has 6 heteroatoms. The number of halogens is 2. The van der Waals surface area contributed by atoms with Crippen LogP contribution in [0.5, 0.6) is 0 Å². The first-order chi connectivity index (χ1) is 8.58. The molecule has 2 aromatic rings. The van der Waals surface area contributed by atoms with E-state index in [2.05, 4.69) is 32.9 Å². The second-order valence-electron chi connectivity index (χ2n) is 3.76. The van der Waals surface area contributed by atoms with Crippen molar-refractivity contribution >= 4 is 40.1 Å². The highest BCUT2D eigenvalue weighted by Gasteiger charge is 2.11. The van der Waals surface area contributed by atoms with Gasteiger partial charge in [-0.2, -0.15) is 0 Å². The summed E-state index contributed by atoms with van der Waals surface area (Å²) in [6.45, 7) is 0.394. The number of nitrogens with one attached hydrogen (secondary N) is 1. The number of nitrogens with zero attached hydrogens (tertiary/aromatic N) is 2. The van der Waals surface area contributed by atoms with E-state index in [-0.39, 0.29) is 5.91 Å². The molecule has 0 saturated carbocycles. The van der Waals surface area contributed by atoms with Gasteiger partial charge in [0.25, 0.3) is 5.91 Å². The number of aryl methyl sites for hydroxylation is 1. The Morgan fingerprint density at radius 3 is 3.00 bits per heavy atom. The maximum atomic E-state index is 12.0. The van der Waals surface area contributed by atoms with Crippen LogP contribution in [0.25, 0.3) is 0 Å². The van der Waals surface area contributed by atoms with Gasteiger partial charge in [0.15, 0.2) is 0 Å². The third kappa shape index (κ3) is 3.02. The first-order valence-corrected chi connectivity index (χ1v) is 6.73. The predicted octanol–water partition coefficient (Wildman–Crippen LogP) is 2.61. The van der Waals surface area contributed by atoms with Crippen molar-refractivity contribution in [2.75, 3.05) is 0 Å². The average molecular weight is 376 g/mol. The van der Waals surface area contributed by atoms with Crippen molar-refractivity contribution in [3.63, 3.8) is 0 Å². The van der Waals surface area contributed by atoms with Crippen LogP contribution in [0.3, 0.4) is 0 Å². The molecular formula is C12H11ClIN3O. The van der Waals surface area contributed by atoms with Gasteiger partial charge >= 0.3 is 0 Å². The molecule has 0 spiro atoms. The zero-order chi connectivity index (χ0) is 13.1. The van der Waals surface area contributed by atoms with E-state index in [0.717, 1.165) is 9.39 Å². The number of hydrogen-bond donors (Lipinski definition) is 1. The third-order valence-corrected chi connectivity index (χ3v) is 3.68. The molecule has 0 aliphatic carbocycles. The zero-order valence-corrected chi connectivity index (χ0v) is 12.6. The molecule has 1 amide bonds. The largest absolute Gasteiger partial charge is 0.345 e. The number of amides is 1. The summed E-state index contributed by atoms with van der Waals surface area (Å²) in [4.78, 5) is 16.2. The number of imidazole rings is 1. The lowest BCUT2D eigenvalue weighted by atomic mass is 10.2. The second kappa shape index (κ2) is 5.71. The van der Waals surface area contributed by atoms with Crippen molar-refractivity contribution in [1.82, 2.24) is 14.9 Å². The monoisotopic (exact) mass is 375 g/mol. The minimum atomic E-state index is -0.148. The van der Waals surface area contributed by atoms with Gasteiger partial charge in [0, 0.05) is 28.0 Å². The third-order valence-electron chi connectivity index (χ3n) is 2.50. The van der Waals surface area contributed by atoms with Gasteiger partial charge in [0.05, 0.1) is 12.1 Å². The van der Waals surface area contributed by atoms with E-state index in [1.807, 2.05) is 23.9 Å². The number of carbonyl (C=O) groups excluding carboxylic acids is 1. The Labute approximate surface area is 123 Å². The van der Waals surface area contributed by atoms with Crippen LogP contribution in [-0.4, -0.2) is 15.5 Å². The van der Waals surface area contributed by atoms with Crippen LogP contribution < -0.4 is 5.32 Å². The van der Waals surface area contributed by atoms with Gasteiger partial charge in [0.1, 0.15) is 5.82 Å². The number of carbonyl (C=O) groups is 1. The van der Waals surface area contributed by atoms with Crippen molar-refractivity contribution in [1.29, 1.82) is 0 Å². The summed E-state index contributed by atoms with van der Waals surface area (Å²) in [5.74, 6) is 0.658. The van der Waals surface area contributed by atoms with Crippen LogP contribution in [0.4, 0.5) is 0 Å². The van der Waals surface area contributed by atoms with E-state index in [1.165, 1.54) is 0 Å². The molecule has 1 N–H and O–H groups in total. The van der Waals surface area contributed by atoms with Gasteiger partial charge in [-0.05, 0) is 40.8 Å². The van der Waals surface area contributed by atoms with Crippen LogP contribution in [0.1, 0.15) is 16.2 Å². The Morgan fingerprint density at radius 2 is 2.33 bits per heavy atom. The Morgan fingerprint density at radius 1 is 1.56 bits per heavy atom. The zero-order valence-electron chi connectivity index (χ0n) is 9.65. The summed E-state index contributed by atoms with van der Waals surface area (Å²) in [7, 11) is 1.89. The SMILES string of the molecule is Cn1ccnc1CNC(=O)c1cc(Cl)ccc1I. The molecule has 1 aromatic heterocycles. The highest BCUT2D eigenvalue weighted by atomic mass is 127. The summed E-state index contributed by atoms with van der Waals surface area (Å²) in [6.07, 6.45) is 3.54. The van der Waals surface area contributed by atoms with Crippen molar-refractivity contribution in [3.8, 4) is 0 Å². The number of aromatic nitrogens is 2. The Balaban J connectivity index is 2.08. The fourth-order valence-corrected chi connectivity index (χ4v) is 2.25. The van der Waals surface area contributed by atoms with Gasteiger partial charge in [-0.3, -0.25) is 4.79 Å². The minimum absolute atomic E-state index is 0.148. The van der Waals surface area contributed by atoms with Gasteiger partial charge in [-0.1, -0.05) is 11.6 Å². The van der Waals surface area contributed by atoms with Crippen LogP contribution in [0, 0.1) is 3.57 Å². The highest BCUT2D eigenvalue weighted by Crippen LogP contribution is 2.17. The first-order valence-electron chi connectivity index (χ1n) is 5.27. The van der Waals surface area contributed by atoms with E-state index in [4.69, 9.17) is 11.6 Å². The van der Waals surface area contributed by atoms with Crippen molar-refractivity contribution in [2.24, 2.45) is 7.05 Å². The normalized spacial score (nSPS) is 10.4. The molecule has 0 aliphatic rings. The predicted molar refractivity (Wildman–Crippen MR) is 78.5 cm³/mol. The summed E-state index contributed by atoms with van der Waals surface area (Å²) < 4.78 is 2.73. The lowest BCUT2D eigenvalue weighted by Gasteiger charge is -2.07. The molecule has 4 nitrogen and oxygen atoms in total. The van der Waals surface area contributed by atoms with E-state index in [1.54, 1.807) is 18.3 Å². The minimum Gasteiger partial charge on any atom is -0.345 e. The first kappa shape index (κ1) is 13.4. The van der Waals surface area contributed by atoms with Gasteiger partial charge in [-0.25, -0.2) is 4.98 Å². The molecule has 0 atom stereocenters. The molecular weight excluding hydrogens is 365 g/mol. The molecule has 1 heterocycles. The highest BCUT2D eigenvalue weighted by molar-refractivity contribution is 14.1. The number of hydrogen-bond acceptors (Lipinski definition) is 2. The fraction of sp³-hybridized carbons (Fsp3) is 0.167. The summed E-state index contributed by atoms with van der Waals surface area (Å²) >= 11 is 8.00. The molecule has 0 fully saturated rings. The van der Waals surface area contributed by atoms with Crippen LogP contribution in [-0.2, 0) is 13.6 Å². The van der Waals surface area contributed by atoms with Gasteiger partial charge in [0.2, 0.25) is 0 Å². The van der Waals surface area contributed by atoms with Gasteiger partial charge in [-0.15, -0.1) is 0 Å². The molecule has 0 bridgehead atoms. The Kier molecular flexibility index (Phi) is 4.23. The lowest BCUT2D eigenvalue weighted by Crippen LogP contribution is -2.25. The van der Waals surface area contributed by atoms with Crippen LogP contribution in [0.15, 0.2) is 30.6 Å². The molecule has 0 aliphatic heterocycles.